The lowest BCUT2D eigenvalue weighted by Gasteiger charge is -2.06. The number of ether oxygens (including phenoxy) is 1. The predicted molar refractivity (Wildman–Crippen MR) is 74.3 cm³/mol. The molecule has 0 radical (unpaired) electrons. The minimum Gasteiger partial charge on any atom is -0.508 e. The van der Waals surface area contributed by atoms with Gasteiger partial charge in [0.25, 0.3) is 0 Å². The highest BCUT2D eigenvalue weighted by Crippen LogP contribution is 2.25. The van der Waals surface area contributed by atoms with E-state index in [9.17, 15) is 14.7 Å². The zero-order valence-corrected chi connectivity index (χ0v) is 11.3. The molecule has 0 saturated carbocycles. The van der Waals surface area contributed by atoms with Crippen LogP contribution in [0.4, 0.5) is 0 Å². The lowest BCUT2D eigenvalue weighted by Crippen LogP contribution is -2.04. The van der Waals surface area contributed by atoms with Crippen LogP contribution in [0.5, 0.6) is 11.5 Å². The number of hydrogen-bond acceptors (Lipinski definition) is 4. The normalized spacial score (nSPS) is 10.1. The SMILES string of the molecule is CC(=O)Oc1ccc(C(=O)c2ccc(O)cc2)c(Cl)c1. The Labute approximate surface area is 120 Å². The molecule has 0 saturated heterocycles. The predicted octanol–water partition coefficient (Wildman–Crippen LogP) is 3.20. The minimum absolute atomic E-state index is 0.0813. The van der Waals surface area contributed by atoms with Crippen molar-refractivity contribution >= 4 is 23.4 Å². The molecule has 0 heterocycles. The van der Waals surface area contributed by atoms with Gasteiger partial charge in [0.15, 0.2) is 5.78 Å². The third-order valence-electron chi connectivity index (χ3n) is 2.58. The van der Waals surface area contributed by atoms with Gasteiger partial charge in [0.1, 0.15) is 11.5 Å². The number of ketones is 1. The molecule has 0 unspecified atom stereocenters. The van der Waals surface area contributed by atoms with Gasteiger partial charge in [-0.05, 0) is 36.4 Å². The molecule has 20 heavy (non-hydrogen) atoms. The van der Waals surface area contributed by atoms with E-state index in [4.69, 9.17) is 16.3 Å². The number of aromatic hydroxyl groups is 1. The zero-order valence-electron chi connectivity index (χ0n) is 10.6. The summed E-state index contributed by atoms with van der Waals surface area (Å²) in [7, 11) is 0. The Hall–Kier alpha value is -2.33. The van der Waals surface area contributed by atoms with Crippen LogP contribution in [0.3, 0.4) is 0 Å². The number of halogens is 1. The molecule has 2 rings (SSSR count). The number of carbonyl (C=O) groups excluding carboxylic acids is 2. The Bertz CT molecular complexity index is 662. The number of rotatable bonds is 3. The summed E-state index contributed by atoms with van der Waals surface area (Å²) in [4.78, 5) is 23.1. The summed E-state index contributed by atoms with van der Waals surface area (Å²) < 4.78 is 4.88. The quantitative estimate of drug-likeness (QED) is 0.535. The monoisotopic (exact) mass is 290 g/mol. The highest BCUT2D eigenvalue weighted by Gasteiger charge is 2.14. The molecule has 102 valence electrons. The number of carbonyl (C=O) groups is 2. The first-order chi connectivity index (χ1) is 9.47. The number of phenolic OH excluding ortho intramolecular Hbond substituents is 1. The van der Waals surface area contributed by atoms with Crippen molar-refractivity contribution < 1.29 is 19.4 Å². The average molecular weight is 291 g/mol. The first-order valence-corrected chi connectivity index (χ1v) is 6.17. The molecule has 0 aromatic heterocycles. The van der Waals surface area contributed by atoms with Gasteiger partial charge in [0.2, 0.25) is 0 Å². The Morgan fingerprint density at radius 3 is 2.30 bits per heavy atom. The van der Waals surface area contributed by atoms with Crippen LogP contribution >= 0.6 is 11.6 Å². The van der Waals surface area contributed by atoms with E-state index in [2.05, 4.69) is 0 Å². The van der Waals surface area contributed by atoms with E-state index in [-0.39, 0.29) is 22.3 Å². The van der Waals surface area contributed by atoms with Gasteiger partial charge in [-0.1, -0.05) is 11.6 Å². The van der Waals surface area contributed by atoms with Crippen molar-refractivity contribution in [1.82, 2.24) is 0 Å². The molecule has 4 nitrogen and oxygen atoms in total. The van der Waals surface area contributed by atoms with Gasteiger partial charge >= 0.3 is 5.97 Å². The van der Waals surface area contributed by atoms with Crippen molar-refractivity contribution in [2.75, 3.05) is 0 Å². The first-order valence-electron chi connectivity index (χ1n) is 5.79. The van der Waals surface area contributed by atoms with Gasteiger partial charge in [-0.25, -0.2) is 0 Å². The van der Waals surface area contributed by atoms with Gasteiger partial charge in [-0.3, -0.25) is 9.59 Å². The Kier molecular flexibility index (Phi) is 4.05. The summed E-state index contributed by atoms with van der Waals surface area (Å²) >= 11 is 6.03. The molecule has 0 amide bonds. The van der Waals surface area contributed by atoms with E-state index < -0.39 is 5.97 Å². The fraction of sp³-hybridized carbons (Fsp3) is 0.0667. The molecule has 1 N–H and O–H groups in total. The maximum Gasteiger partial charge on any atom is 0.308 e. The van der Waals surface area contributed by atoms with Crippen molar-refractivity contribution in [3.05, 3.63) is 58.6 Å². The van der Waals surface area contributed by atoms with Crippen LogP contribution in [0, 0.1) is 0 Å². The lowest BCUT2D eigenvalue weighted by atomic mass is 10.0. The van der Waals surface area contributed by atoms with E-state index >= 15 is 0 Å². The minimum atomic E-state index is -0.460. The number of phenols is 1. The smallest absolute Gasteiger partial charge is 0.308 e. The van der Waals surface area contributed by atoms with Crippen molar-refractivity contribution in [1.29, 1.82) is 0 Å². The topological polar surface area (TPSA) is 63.6 Å². The fourth-order valence-corrected chi connectivity index (χ4v) is 1.93. The van der Waals surface area contributed by atoms with E-state index in [1.165, 1.54) is 49.4 Å². The average Bonchev–Trinajstić information content (AvgIpc) is 2.38. The molecule has 5 heteroatoms. The molecule has 2 aromatic carbocycles. The van der Waals surface area contributed by atoms with Crippen LogP contribution in [0.1, 0.15) is 22.8 Å². The third kappa shape index (κ3) is 3.16. The van der Waals surface area contributed by atoms with Gasteiger partial charge in [0, 0.05) is 24.1 Å². The standard InChI is InChI=1S/C15H11ClO4/c1-9(17)20-12-6-7-13(14(16)8-12)15(19)10-2-4-11(18)5-3-10/h2-8,18H,1H3. The summed E-state index contributed by atoms with van der Waals surface area (Å²) in [6, 6.07) is 10.3. The van der Waals surface area contributed by atoms with Crippen LogP contribution in [0.15, 0.2) is 42.5 Å². The van der Waals surface area contributed by atoms with Crippen molar-refractivity contribution in [2.45, 2.75) is 6.92 Å². The van der Waals surface area contributed by atoms with Crippen LogP contribution in [-0.4, -0.2) is 16.9 Å². The number of hydrogen-bond donors (Lipinski definition) is 1. The molecule has 0 aliphatic heterocycles. The van der Waals surface area contributed by atoms with E-state index in [1.807, 2.05) is 0 Å². The molecule has 0 bridgehead atoms. The van der Waals surface area contributed by atoms with E-state index in [0.717, 1.165) is 0 Å². The second kappa shape index (κ2) is 5.75. The van der Waals surface area contributed by atoms with Crippen LogP contribution in [0.25, 0.3) is 0 Å². The summed E-state index contributed by atoms with van der Waals surface area (Å²) in [6.07, 6.45) is 0. The lowest BCUT2D eigenvalue weighted by molar-refractivity contribution is -0.131. The highest BCUT2D eigenvalue weighted by atomic mass is 35.5. The second-order valence-corrected chi connectivity index (χ2v) is 4.52. The zero-order chi connectivity index (χ0) is 14.7. The van der Waals surface area contributed by atoms with E-state index in [1.54, 1.807) is 0 Å². The van der Waals surface area contributed by atoms with Gasteiger partial charge < -0.3 is 9.84 Å². The van der Waals surface area contributed by atoms with Gasteiger partial charge in [-0.2, -0.15) is 0 Å². The molecular formula is C15H11ClO4. The van der Waals surface area contributed by atoms with Gasteiger partial charge in [0.05, 0.1) is 5.02 Å². The molecule has 0 spiro atoms. The molecule has 0 fully saturated rings. The van der Waals surface area contributed by atoms with Crippen molar-refractivity contribution in [2.24, 2.45) is 0 Å². The van der Waals surface area contributed by atoms with Crippen LogP contribution in [-0.2, 0) is 4.79 Å². The Balaban J connectivity index is 2.31. The van der Waals surface area contributed by atoms with Crippen molar-refractivity contribution in [3.63, 3.8) is 0 Å². The number of esters is 1. The van der Waals surface area contributed by atoms with Gasteiger partial charge in [-0.15, -0.1) is 0 Å². The van der Waals surface area contributed by atoms with Crippen LogP contribution < -0.4 is 4.74 Å². The third-order valence-corrected chi connectivity index (χ3v) is 2.89. The summed E-state index contributed by atoms with van der Waals surface area (Å²) in [5.74, 6) is -0.370. The molecule has 0 atom stereocenters. The number of benzene rings is 2. The first kappa shape index (κ1) is 14.1. The van der Waals surface area contributed by atoms with Crippen molar-refractivity contribution in [3.8, 4) is 11.5 Å². The summed E-state index contributed by atoms with van der Waals surface area (Å²) in [6.45, 7) is 1.28. The fourth-order valence-electron chi connectivity index (χ4n) is 1.68. The van der Waals surface area contributed by atoms with Crippen LogP contribution in [0.2, 0.25) is 5.02 Å². The maximum atomic E-state index is 12.2. The highest BCUT2D eigenvalue weighted by molar-refractivity contribution is 6.35. The molecule has 2 aromatic rings. The molecular weight excluding hydrogens is 280 g/mol. The summed E-state index contributed by atoms with van der Waals surface area (Å²) in [5.41, 5.74) is 0.707. The maximum absolute atomic E-state index is 12.2. The largest absolute Gasteiger partial charge is 0.508 e. The Morgan fingerprint density at radius 2 is 1.75 bits per heavy atom. The second-order valence-electron chi connectivity index (χ2n) is 4.11. The summed E-state index contributed by atoms with van der Waals surface area (Å²) in [5, 5.41) is 9.39. The van der Waals surface area contributed by atoms with E-state index in [0.29, 0.717) is 11.1 Å². The molecule has 0 aliphatic carbocycles. The Morgan fingerprint density at radius 1 is 1.10 bits per heavy atom. The molecule has 0 aliphatic rings.